The van der Waals surface area contributed by atoms with Gasteiger partial charge in [-0.15, -0.1) is 0 Å². The van der Waals surface area contributed by atoms with Gasteiger partial charge in [0, 0.05) is 55.2 Å². The molecular formula is C32H40N4O2. The molecule has 0 atom stereocenters. The van der Waals surface area contributed by atoms with Gasteiger partial charge in [-0.3, -0.25) is 9.59 Å². The fourth-order valence-corrected chi connectivity index (χ4v) is 5.22. The van der Waals surface area contributed by atoms with Crippen LogP contribution in [0.4, 0.5) is 5.69 Å². The van der Waals surface area contributed by atoms with E-state index in [0.717, 1.165) is 72.5 Å². The number of H-pyrrole nitrogens is 1. The zero-order valence-corrected chi connectivity index (χ0v) is 23.4. The molecule has 1 saturated heterocycles. The molecule has 1 aromatic heterocycles. The first-order valence-electron chi connectivity index (χ1n) is 13.6. The minimum Gasteiger partial charge on any atom is -0.369 e. The second kappa shape index (κ2) is 12.3. The smallest absolute Gasteiger partial charge is 0.253 e. The highest BCUT2D eigenvalue weighted by atomic mass is 16.1. The van der Waals surface area contributed by atoms with Crippen LogP contribution in [0.15, 0.2) is 53.3 Å². The maximum Gasteiger partial charge on any atom is 0.253 e. The first-order valence-corrected chi connectivity index (χ1v) is 13.6. The summed E-state index contributed by atoms with van der Waals surface area (Å²) in [4.78, 5) is 33.9. The third kappa shape index (κ3) is 6.25. The molecule has 2 N–H and O–H groups in total. The number of rotatable bonds is 8. The number of aryl methyl sites for hydroxylation is 3. The number of pyridine rings is 1. The number of allylic oxidation sites excluding steroid dienone is 1. The third-order valence-electron chi connectivity index (χ3n) is 7.32. The number of carbonyl (C=O) groups excluding carboxylic acids is 1. The van der Waals surface area contributed by atoms with E-state index in [2.05, 4.69) is 64.4 Å². The summed E-state index contributed by atoms with van der Waals surface area (Å²) in [5, 5.41) is 3.04. The van der Waals surface area contributed by atoms with Crippen molar-refractivity contribution in [3.63, 3.8) is 0 Å². The number of nitrogens with zero attached hydrogens (tertiary/aromatic N) is 2. The van der Waals surface area contributed by atoms with Crippen molar-refractivity contribution in [2.24, 2.45) is 0 Å². The molecule has 2 heterocycles. The molecule has 1 aliphatic rings. The fourth-order valence-electron chi connectivity index (χ4n) is 5.22. The van der Waals surface area contributed by atoms with Crippen LogP contribution in [-0.4, -0.2) is 49.0 Å². The van der Waals surface area contributed by atoms with E-state index in [0.29, 0.717) is 11.1 Å². The van der Waals surface area contributed by atoms with Crippen LogP contribution in [0.2, 0.25) is 0 Å². The van der Waals surface area contributed by atoms with E-state index in [1.54, 1.807) is 0 Å². The van der Waals surface area contributed by atoms with Crippen LogP contribution in [0.5, 0.6) is 0 Å². The number of hydrogen-bond acceptors (Lipinski definition) is 4. The molecule has 6 nitrogen and oxygen atoms in total. The van der Waals surface area contributed by atoms with Crippen LogP contribution in [0, 0.1) is 13.8 Å². The van der Waals surface area contributed by atoms with Crippen LogP contribution in [0.25, 0.3) is 17.2 Å². The SMILES string of the molecule is C/C=C\c1c(C)cc(-c2cccc(N3CCN(C)CC3)c2)cc1C(=O)NCc1c(CCC)cc(C)[nH]c1=O. The van der Waals surface area contributed by atoms with Gasteiger partial charge in [0.05, 0.1) is 0 Å². The molecule has 0 unspecified atom stereocenters. The number of amides is 1. The van der Waals surface area contributed by atoms with E-state index in [1.807, 2.05) is 45.1 Å². The maximum absolute atomic E-state index is 13.6. The quantitative estimate of drug-likeness (QED) is 0.428. The largest absolute Gasteiger partial charge is 0.369 e. The van der Waals surface area contributed by atoms with Crippen molar-refractivity contribution in [1.29, 1.82) is 0 Å². The lowest BCUT2D eigenvalue weighted by molar-refractivity contribution is 0.0950. The Morgan fingerprint density at radius 3 is 2.53 bits per heavy atom. The number of nitrogens with one attached hydrogen (secondary N) is 2. The Labute approximate surface area is 226 Å². The highest BCUT2D eigenvalue weighted by molar-refractivity contribution is 5.99. The molecule has 0 saturated carbocycles. The van der Waals surface area contributed by atoms with Crippen molar-refractivity contribution in [2.45, 2.75) is 47.1 Å². The van der Waals surface area contributed by atoms with Gasteiger partial charge in [0.1, 0.15) is 0 Å². The Balaban J connectivity index is 1.65. The van der Waals surface area contributed by atoms with Crippen molar-refractivity contribution < 1.29 is 4.79 Å². The van der Waals surface area contributed by atoms with Crippen molar-refractivity contribution in [1.82, 2.24) is 15.2 Å². The number of hydrogen-bond donors (Lipinski definition) is 2. The number of carbonyl (C=O) groups is 1. The molecule has 6 heteroatoms. The average molecular weight is 513 g/mol. The van der Waals surface area contributed by atoms with Crippen LogP contribution in [0.3, 0.4) is 0 Å². The maximum atomic E-state index is 13.6. The lowest BCUT2D eigenvalue weighted by Gasteiger charge is -2.34. The molecule has 1 aliphatic heterocycles. The molecular weight excluding hydrogens is 472 g/mol. The number of benzene rings is 2. The van der Waals surface area contributed by atoms with Crippen LogP contribution < -0.4 is 15.8 Å². The van der Waals surface area contributed by atoms with Gasteiger partial charge in [-0.1, -0.05) is 43.7 Å². The van der Waals surface area contributed by atoms with E-state index < -0.39 is 0 Å². The van der Waals surface area contributed by atoms with Gasteiger partial charge < -0.3 is 20.1 Å². The minimum atomic E-state index is -0.180. The second-order valence-electron chi connectivity index (χ2n) is 10.3. The molecule has 3 aromatic rings. The first-order chi connectivity index (χ1) is 18.3. The highest BCUT2D eigenvalue weighted by Gasteiger charge is 2.18. The molecule has 0 spiro atoms. The van der Waals surface area contributed by atoms with Gasteiger partial charge >= 0.3 is 0 Å². The number of likely N-dealkylation sites (N-methyl/N-ethyl adjacent to an activating group) is 1. The Hall–Kier alpha value is -3.64. The molecule has 2 aromatic carbocycles. The van der Waals surface area contributed by atoms with Crippen LogP contribution in [0.1, 0.15) is 58.6 Å². The van der Waals surface area contributed by atoms with E-state index in [9.17, 15) is 9.59 Å². The van der Waals surface area contributed by atoms with Gasteiger partial charge in [0.25, 0.3) is 11.5 Å². The van der Waals surface area contributed by atoms with E-state index in [4.69, 9.17) is 0 Å². The predicted octanol–water partition coefficient (Wildman–Crippen LogP) is 5.33. The van der Waals surface area contributed by atoms with E-state index in [-0.39, 0.29) is 18.0 Å². The predicted molar refractivity (Wildman–Crippen MR) is 158 cm³/mol. The number of aromatic amines is 1. The number of piperazine rings is 1. The normalized spacial score (nSPS) is 14.3. The molecule has 0 radical (unpaired) electrons. The van der Waals surface area contributed by atoms with Crippen molar-refractivity contribution in [3.05, 3.63) is 92.4 Å². The van der Waals surface area contributed by atoms with Gasteiger partial charge in [-0.25, -0.2) is 0 Å². The number of aromatic nitrogens is 1. The third-order valence-corrected chi connectivity index (χ3v) is 7.32. The summed E-state index contributed by atoms with van der Waals surface area (Å²) in [5.41, 5.74) is 8.19. The fraction of sp³-hybridized carbons (Fsp3) is 0.375. The van der Waals surface area contributed by atoms with Crippen molar-refractivity contribution in [3.8, 4) is 11.1 Å². The van der Waals surface area contributed by atoms with Gasteiger partial charge in [-0.2, -0.15) is 0 Å². The Bertz CT molecular complexity index is 1380. The summed E-state index contributed by atoms with van der Waals surface area (Å²) in [6, 6.07) is 14.7. The molecule has 38 heavy (non-hydrogen) atoms. The zero-order chi connectivity index (χ0) is 27.2. The average Bonchev–Trinajstić information content (AvgIpc) is 2.89. The van der Waals surface area contributed by atoms with Gasteiger partial charge in [-0.05, 0) is 86.3 Å². The summed E-state index contributed by atoms with van der Waals surface area (Å²) in [5.74, 6) is -0.180. The first kappa shape index (κ1) is 27.4. The van der Waals surface area contributed by atoms with Crippen molar-refractivity contribution >= 4 is 17.7 Å². The zero-order valence-electron chi connectivity index (χ0n) is 23.4. The van der Waals surface area contributed by atoms with Crippen LogP contribution >= 0.6 is 0 Å². The topological polar surface area (TPSA) is 68.4 Å². The molecule has 0 bridgehead atoms. The summed E-state index contributed by atoms with van der Waals surface area (Å²) in [6.07, 6.45) is 5.68. The summed E-state index contributed by atoms with van der Waals surface area (Å²) in [6.45, 7) is 12.3. The Kier molecular flexibility index (Phi) is 8.85. The second-order valence-corrected chi connectivity index (χ2v) is 10.3. The standard InChI is InChI=1S/C32H40N4O2/c1-6-9-25-18-23(4)34-32(38)30(25)21-33-31(37)29-20-26(17-22(3)28(29)10-7-2)24-11-8-12-27(19-24)36-15-13-35(5)14-16-36/h7-8,10-12,17-20H,6,9,13-16,21H2,1-5H3,(H,33,37)(H,34,38)/b10-7-. The Morgan fingerprint density at radius 2 is 1.82 bits per heavy atom. The Morgan fingerprint density at radius 1 is 1.05 bits per heavy atom. The van der Waals surface area contributed by atoms with Crippen molar-refractivity contribution in [2.75, 3.05) is 38.1 Å². The van der Waals surface area contributed by atoms with E-state index >= 15 is 0 Å². The molecule has 1 amide bonds. The lowest BCUT2D eigenvalue weighted by Crippen LogP contribution is -2.44. The molecule has 4 rings (SSSR count). The van der Waals surface area contributed by atoms with E-state index in [1.165, 1.54) is 5.69 Å². The van der Waals surface area contributed by atoms with Gasteiger partial charge in [0.15, 0.2) is 0 Å². The lowest BCUT2D eigenvalue weighted by atomic mass is 9.93. The summed E-state index contributed by atoms with van der Waals surface area (Å²) >= 11 is 0. The monoisotopic (exact) mass is 512 g/mol. The number of anilines is 1. The molecule has 0 aliphatic carbocycles. The van der Waals surface area contributed by atoms with Gasteiger partial charge in [0.2, 0.25) is 0 Å². The minimum absolute atomic E-state index is 0.131. The summed E-state index contributed by atoms with van der Waals surface area (Å²) < 4.78 is 0. The summed E-state index contributed by atoms with van der Waals surface area (Å²) in [7, 11) is 2.16. The molecule has 1 fully saturated rings. The van der Waals surface area contributed by atoms with Crippen LogP contribution in [-0.2, 0) is 13.0 Å². The highest BCUT2D eigenvalue weighted by Crippen LogP contribution is 2.30. The molecule has 200 valence electrons.